The van der Waals surface area contributed by atoms with Crippen LogP contribution in [0.1, 0.15) is 42.0 Å². The predicted octanol–water partition coefficient (Wildman–Crippen LogP) is 3.86. The van der Waals surface area contributed by atoms with Gasteiger partial charge in [-0.1, -0.05) is 26.0 Å². The van der Waals surface area contributed by atoms with Crippen LogP contribution in [0.3, 0.4) is 0 Å². The van der Waals surface area contributed by atoms with Crippen LogP contribution in [0, 0.1) is 29.9 Å². The van der Waals surface area contributed by atoms with E-state index in [-0.39, 0.29) is 17.2 Å². The molecule has 1 heterocycles. The van der Waals surface area contributed by atoms with Crippen LogP contribution in [0.15, 0.2) is 30.3 Å². The number of carbonyl (C=O) groups excluding carboxylic acids is 2. The van der Waals surface area contributed by atoms with Gasteiger partial charge in [0.1, 0.15) is 0 Å². The van der Waals surface area contributed by atoms with E-state index in [1.54, 1.807) is 12.1 Å². The van der Waals surface area contributed by atoms with Gasteiger partial charge in [-0.25, -0.2) is 4.79 Å². The van der Waals surface area contributed by atoms with Gasteiger partial charge in [0, 0.05) is 29.6 Å². The van der Waals surface area contributed by atoms with Crippen LogP contribution >= 0.6 is 0 Å². The van der Waals surface area contributed by atoms with Crippen molar-refractivity contribution in [3.8, 4) is 5.75 Å². The molecule has 0 unspecified atom stereocenters. The summed E-state index contributed by atoms with van der Waals surface area (Å²) in [4.78, 5) is 34.7. The summed E-state index contributed by atoms with van der Waals surface area (Å²) in [5.74, 6) is -0.552. The van der Waals surface area contributed by atoms with Crippen molar-refractivity contribution in [1.29, 1.82) is 0 Å². The normalized spacial score (nSPS) is 10.8. The Kier molecular flexibility index (Phi) is 7.52. The highest BCUT2D eigenvalue weighted by Gasteiger charge is 2.19. The van der Waals surface area contributed by atoms with E-state index >= 15 is 0 Å². The maximum atomic E-state index is 12.5. The van der Waals surface area contributed by atoms with E-state index in [0.717, 1.165) is 24.4 Å². The highest BCUT2D eigenvalue weighted by Crippen LogP contribution is 2.25. The minimum atomic E-state index is -0.773. The molecule has 0 atom stereocenters. The number of aryl methyl sites for hydroxylation is 1. The third-order valence-electron chi connectivity index (χ3n) is 4.58. The van der Waals surface area contributed by atoms with Crippen molar-refractivity contribution in [2.45, 2.75) is 40.7 Å². The molecule has 0 N–H and O–H groups in total. The molecule has 0 spiro atoms. The number of para-hydroxylation sites is 2. The number of nitrogens with zero attached hydrogens (tertiary/aromatic N) is 2. The molecule has 2 rings (SSSR count). The van der Waals surface area contributed by atoms with Crippen LogP contribution in [-0.4, -0.2) is 34.5 Å². The molecule has 8 nitrogen and oxygen atoms in total. The number of nitro benzene ring substituents is 1. The fourth-order valence-corrected chi connectivity index (χ4v) is 2.95. The number of hydrogen-bond donors (Lipinski definition) is 0. The standard InChI is InChI=1S/C21H26N2O6/c1-14(2)9-10-22-15(3)11-17(16(22)4)19(24)12-29-21(25)13-28-20-8-6-5-7-18(20)23(26)27/h5-8,11,14H,9-10,12-13H2,1-4H3. The molecule has 156 valence electrons. The highest BCUT2D eigenvalue weighted by atomic mass is 16.6. The fourth-order valence-electron chi connectivity index (χ4n) is 2.95. The number of aromatic nitrogens is 1. The van der Waals surface area contributed by atoms with Gasteiger partial charge in [-0.15, -0.1) is 0 Å². The molecule has 8 heteroatoms. The second kappa shape index (κ2) is 9.86. The first-order valence-corrected chi connectivity index (χ1v) is 9.42. The number of hydrogen-bond acceptors (Lipinski definition) is 6. The van der Waals surface area contributed by atoms with Gasteiger partial charge in [0.05, 0.1) is 4.92 Å². The van der Waals surface area contributed by atoms with Crippen molar-refractivity contribution < 1.29 is 24.0 Å². The van der Waals surface area contributed by atoms with E-state index in [2.05, 4.69) is 18.4 Å². The van der Waals surface area contributed by atoms with Gasteiger partial charge in [0.15, 0.2) is 19.0 Å². The van der Waals surface area contributed by atoms with E-state index in [1.807, 2.05) is 13.8 Å². The van der Waals surface area contributed by atoms with Crippen LogP contribution in [0.25, 0.3) is 0 Å². The number of nitro groups is 1. The first-order valence-electron chi connectivity index (χ1n) is 9.42. The zero-order chi connectivity index (χ0) is 21.6. The number of rotatable bonds is 10. The third-order valence-corrected chi connectivity index (χ3v) is 4.58. The first kappa shape index (κ1) is 22.1. The summed E-state index contributed by atoms with van der Waals surface area (Å²) in [5, 5.41) is 10.9. The molecule has 0 aliphatic heterocycles. The molecule has 0 fully saturated rings. The van der Waals surface area contributed by atoms with Crippen molar-refractivity contribution in [2.24, 2.45) is 5.92 Å². The summed E-state index contributed by atoms with van der Waals surface area (Å²) in [6.45, 7) is 8.00. The Morgan fingerprint density at radius 2 is 1.86 bits per heavy atom. The van der Waals surface area contributed by atoms with Crippen molar-refractivity contribution in [2.75, 3.05) is 13.2 Å². The molecular weight excluding hydrogens is 376 g/mol. The molecule has 29 heavy (non-hydrogen) atoms. The van der Waals surface area contributed by atoms with Crippen molar-refractivity contribution in [3.63, 3.8) is 0 Å². The van der Waals surface area contributed by atoms with Gasteiger partial charge in [-0.2, -0.15) is 0 Å². The van der Waals surface area contributed by atoms with Crippen LogP contribution < -0.4 is 4.74 Å². The summed E-state index contributed by atoms with van der Waals surface area (Å²) in [5.41, 5.74) is 2.11. The Hall–Kier alpha value is -3.16. The zero-order valence-electron chi connectivity index (χ0n) is 17.1. The highest BCUT2D eigenvalue weighted by molar-refractivity contribution is 5.99. The van der Waals surface area contributed by atoms with E-state index in [0.29, 0.717) is 11.5 Å². The molecule has 0 aliphatic rings. The summed E-state index contributed by atoms with van der Waals surface area (Å²) < 4.78 is 12.2. The lowest BCUT2D eigenvalue weighted by Crippen LogP contribution is -2.20. The average molecular weight is 402 g/mol. The number of esters is 1. The smallest absolute Gasteiger partial charge is 0.344 e. The summed E-state index contributed by atoms with van der Waals surface area (Å²) >= 11 is 0. The van der Waals surface area contributed by atoms with Crippen LogP contribution in [0.2, 0.25) is 0 Å². The molecule has 0 radical (unpaired) electrons. The van der Waals surface area contributed by atoms with E-state index in [4.69, 9.17) is 9.47 Å². The maximum Gasteiger partial charge on any atom is 0.344 e. The largest absolute Gasteiger partial charge is 0.475 e. The van der Waals surface area contributed by atoms with E-state index in [9.17, 15) is 19.7 Å². The lowest BCUT2D eigenvalue weighted by atomic mass is 10.1. The minimum Gasteiger partial charge on any atom is -0.475 e. The Morgan fingerprint density at radius 1 is 1.17 bits per heavy atom. The minimum absolute atomic E-state index is 0.0329. The monoisotopic (exact) mass is 402 g/mol. The van der Waals surface area contributed by atoms with Gasteiger partial charge in [0.25, 0.3) is 0 Å². The number of carbonyl (C=O) groups is 2. The Labute approximate surface area is 169 Å². The molecule has 2 aromatic rings. The van der Waals surface area contributed by atoms with Crippen molar-refractivity contribution in [3.05, 3.63) is 57.4 Å². The zero-order valence-corrected chi connectivity index (χ0v) is 17.1. The molecule has 0 saturated heterocycles. The number of ether oxygens (including phenoxy) is 2. The summed E-state index contributed by atoms with van der Waals surface area (Å²) in [7, 11) is 0. The first-order chi connectivity index (χ1) is 13.7. The third kappa shape index (κ3) is 5.91. The molecule has 0 aliphatic carbocycles. The topological polar surface area (TPSA) is 101 Å². The van der Waals surface area contributed by atoms with Gasteiger partial charge >= 0.3 is 11.7 Å². The van der Waals surface area contributed by atoms with Gasteiger partial charge in [-0.3, -0.25) is 14.9 Å². The van der Waals surface area contributed by atoms with Gasteiger partial charge in [0.2, 0.25) is 5.78 Å². The Morgan fingerprint density at radius 3 is 2.52 bits per heavy atom. The Balaban J connectivity index is 1.92. The Bertz CT molecular complexity index is 901. The average Bonchev–Trinajstić information content (AvgIpc) is 2.96. The summed E-state index contributed by atoms with van der Waals surface area (Å²) in [6, 6.07) is 7.53. The van der Waals surface area contributed by atoms with Crippen LogP contribution in [0.5, 0.6) is 5.75 Å². The van der Waals surface area contributed by atoms with Crippen molar-refractivity contribution >= 4 is 17.4 Å². The van der Waals surface area contributed by atoms with Crippen LogP contribution in [0.4, 0.5) is 5.69 Å². The fraction of sp³-hybridized carbons (Fsp3) is 0.429. The van der Waals surface area contributed by atoms with E-state index < -0.39 is 24.1 Å². The van der Waals surface area contributed by atoms with Crippen molar-refractivity contribution in [1.82, 2.24) is 4.57 Å². The predicted molar refractivity (Wildman–Crippen MR) is 107 cm³/mol. The second-order valence-electron chi connectivity index (χ2n) is 7.22. The lowest BCUT2D eigenvalue weighted by Gasteiger charge is -2.11. The summed E-state index contributed by atoms with van der Waals surface area (Å²) in [6.07, 6.45) is 1.00. The molecular formula is C21H26N2O6. The quantitative estimate of drug-likeness (QED) is 0.259. The molecule has 0 amide bonds. The molecule has 1 aromatic heterocycles. The van der Waals surface area contributed by atoms with Gasteiger partial charge < -0.3 is 14.0 Å². The second-order valence-corrected chi connectivity index (χ2v) is 7.22. The maximum absolute atomic E-state index is 12.5. The molecule has 1 aromatic carbocycles. The molecule has 0 saturated carbocycles. The molecule has 0 bridgehead atoms. The number of Topliss-reactive ketones (excluding diaryl/α,β-unsaturated/α-hetero) is 1. The van der Waals surface area contributed by atoms with E-state index in [1.165, 1.54) is 18.2 Å². The SMILES string of the molecule is Cc1cc(C(=O)COC(=O)COc2ccccc2[N+](=O)[O-])c(C)n1CCC(C)C. The van der Waals surface area contributed by atoms with Crippen LogP contribution in [-0.2, 0) is 16.1 Å². The number of ketones is 1. The van der Waals surface area contributed by atoms with Gasteiger partial charge in [-0.05, 0) is 38.3 Å². The number of benzene rings is 1. The lowest BCUT2D eigenvalue weighted by molar-refractivity contribution is -0.385.